The summed E-state index contributed by atoms with van der Waals surface area (Å²) in [5, 5.41) is 7.42. The van der Waals surface area contributed by atoms with Gasteiger partial charge in [0, 0.05) is 89.6 Å². The summed E-state index contributed by atoms with van der Waals surface area (Å²) in [5.74, 6) is -0.200. The molecule has 4 rings (SSSR count). The number of rotatable bonds is 9. The van der Waals surface area contributed by atoms with E-state index >= 15 is 0 Å². The van der Waals surface area contributed by atoms with E-state index in [0.29, 0.717) is 31.7 Å². The first kappa shape index (κ1) is 24.8. The molecule has 9 nitrogen and oxygen atoms in total. The van der Waals surface area contributed by atoms with Gasteiger partial charge in [0.1, 0.15) is 0 Å². The second-order valence-electron chi connectivity index (χ2n) is 9.42. The second-order valence-corrected chi connectivity index (χ2v) is 9.42. The lowest BCUT2D eigenvalue weighted by Crippen LogP contribution is -2.38. The van der Waals surface area contributed by atoms with Crippen LogP contribution in [0.3, 0.4) is 0 Å². The lowest BCUT2D eigenvalue weighted by atomic mass is 10.0. The Labute approximate surface area is 207 Å². The molecule has 0 aliphatic carbocycles. The monoisotopic (exact) mass is 480 g/mol. The zero-order valence-electron chi connectivity index (χ0n) is 20.8. The summed E-state index contributed by atoms with van der Waals surface area (Å²) in [5.41, 5.74) is 3.50. The quantitative estimate of drug-likeness (QED) is 0.554. The highest BCUT2D eigenvalue weighted by Crippen LogP contribution is 2.25. The van der Waals surface area contributed by atoms with Gasteiger partial charge in [0.05, 0.1) is 0 Å². The number of anilines is 1. The summed E-state index contributed by atoms with van der Waals surface area (Å²) in [4.78, 5) is 43.9. The number of benzene rings is 1. The number of hydrogen-bond acceptors (Lipinski definition) is 5. The maximum atomic E-state index is 13.0. The van der Waals surface area contributed by atoms with Crippen molar-refractivity contribution in [2.75, 3.05) is 44.7 Å². The van der Waals surface area contributed by atoms with Crippen LogP contribution in [0.2, 0.25) is 0 Å². The molecule has 1 aromatic heterocycles. The third-order valence-corrected chi connectivity index (χ3v) is 6.95. The molecule has 1 saturated heterocycles. The molecule has 0 unspecified atom stereocenters. The molecule has 3 amide bonds. The SMILES string of the molecule is CN(CCCNC(=O)CCC(=O)N1CCc2c(c(C(=O)N3CCCC3)nn2C)C1)c1ccccc1. The molecular weight excluding hydrogens is 444 g/mol. The van der Waals surface area contributed by atoms with Crippen molar-refractivity contribution in [2.45, 2.75) is 45.1 Å². The van der Waals surface area contributed by atoms with Crippen LogP contribution in [0.15, 0.2) is 30.3 Å². The van der Waals surface area contributed by atoms with E-state index in [9.17, 15) is 14.4 Å². The van der Waals surface area contributed by atoms with Gasteiger partial charge >= 0.3 is 0 Å². The highest BCUT2D eigenvalue weighted by Gasteiger charge is 2.31. The summed E-state index contributed by atoms with van der Waals surface area (Å²) in [7, 11) is 3.89. The molecule has 35 heavy (non-hydrogen) atoms. The zero-order chi connectivity index (χ0) is 24.8. The number of hydrogen-bond donors (Lipinski definition) is 1. The number of aryl methyl sites for hydroxylation is 1. The predicted octanol–water partition coefficient (Wildman–Crippen LogP) is 1.96. The van der Waals surface area contributed by atoms with Gasteiger partial charge in [0.2, 0.25) is 11.8 Å². The van der Waals surface area contributed by atoms with Crippen molar-refractivity contribution in [1.82, 2.24) is 24.9 Å². The molecule has 1 N–H and O–H groups in total. The minimum absolute atomic E-state index is 0.0362. The summed E-state index contributed by atoms with van der Waals surface area (Å²) in [6.07, 6.45) is 3.88. The number of nitrogens with one attached hydrogen (secondary N) is 1. The molecule has 0 bridgehead atoms. The van der Waals surface area contributed by atoms with Crippen molar-refractivity contribution in [3.05, 3.63) is 47.3 Å². The third-order valence-electron chi connectivity index (χ3n) is 6.95. The summed E-state index contributed by atoms with van der Waals surface area (Å²) in [6.45, 7) is 3.91. The molecule has 1 aromatic carbocycles. The zero-order valence-corrected chi connectivity index (χ0v) is 20.8. The maximum Gasteiger partial charge on any atom is 0.274 e. The molecule has 188 valence electrons. The number of amides is 3. The van der Waals surface area contributed by atoms with Crippen molar-refractivity contribution in [3.63, 3.8) is 0 Å². The Morgan fingerprint density at radius 2 is 1.77 bits per heavy atom. The Kier molecular flexibility index (Phi) is 8.05. The molecule has 0 saturated carbocycles. The molecule has 9 heteroatoms. The second kappa shape index (κ2) is 11.4. The molecular formula is C26H36N6O3. The number of aromatic nitrogens is 2. The van der Waals surface area contributed by atoms with E-state index in [1.807, 2.05) is 37.2 Å². The van der Waals surface area contributed by atoms with Gasteiger partial charge in [-0.3, -0.25) is 19.1 Å². The smallest absolute Gasteiger partial charge is 0.274 e. The Morgan fingerprint density at radius 3 is 2.51 bits per heavy atom. The van der Waals surface area contributed by atoms with Crippen molar-refractivity contribution in [3.8, 4) is 0 Å². The topological polar surface area (TPSA) is 90.8 Å². The van der Waals surface area contributed by atoms with Gasteiger partial charge in [-0.1, -0.05) is 18.2 Å². The minimum atomic E-state index is -0.107. The fraction of sp³-hybridized carbons (Fsp3) is 0.538. The number of carbonyl (C=O) groups is 3. The van der Waals surface area contributed by atoms with Crippen LogP contribution in [-0.4, -0.2) is 77.1 Å². The molecule has 0 spiro atoms. The number of fused-ring (bicyclic) bond motifs is 1. The molecule has 0 atom stereocenters. The van der Waals surface area contributed by atoms with Gasteiger partial charge in [-0.2, -0.15) is 5.10 Å². The van der Waals surface area contributed by atoms with E-state index in [0.717, 1.165) is 55.8 Å². The Bertz CT molecular complexity index is 1040. The molecule has 2 aliphatic rings. The third kappa shape index (κ3) is 6.01. The van der Waals surface area contributed by atoms with Crippen molar-refractivity contribution >= 4 is 23.4 Å². The van der Waals surface area contributed by atoms with Crippen molar-refractivity contribution in [1.29, 1.82) is 0 Å². The normalized spacial score (nSPS) is 15.1. The van der Waals surface area contributed by atoms with E-state index in [1.54, 1.807) is 9.58 Å². The van der Waals surface area contributed by atoms with Gasteiger partial charge < -0.3 is 20.0 Å². The summed E-state index contributed by atoms with van der Waals surface area (Å²) >= 11 is 0. The van der Waals surface area contributed by atoms with E-state index in [2.05, 4.69) is 27.4 Å². The minimum Gasteiger partial charge on any atom is -0.375 e. The number of nitrogens with zero attached hydrogens (tertiary/aromatic N) is 5. The van der Waals surface area contributed by atoms with Crippen LogP contribution in [0.25, 0.3) is 0 Å². The number of carbonyl (C=O) groups excluding carboxylic acids is 3. The van der Waals surface area contributed by atoms with Crippen molar-refractivity contribution < 1.29 is 14.4 Å². The van der Waals surface area contributed by atoms with Crippen LogP contribution in [0.4, 0.5) is 5.69 Å². The van der Waals surface area contributed by atoms with Crippen LogP contribution >= 0.6 is 0 Å². The lowest BCUT2D eigenvalue weighted by molar-refractivity contribution is -0.134. The first-order valence-electron chi connectivity index (χ1n) is 12.6. The largest absolute Gasteiger partial charge is 0.375 e. The molecule has 3 heterocycles. The maximum absolute atomic E-state index is 13.0. The fourth-order valence-corrected chi connectivity index (χ4v) is 4.87. The van der Waals surface area contributed by atoms with Crippen LogP contribution < -0.4 is 10.2 Å². The van der Waals surface area contributed by atoms with Crippen LogP contribution in [0.1, 0.15) is 53.8 Å². The van der Waals surface area contributed by atoms with Crippen LogP contribution in [0.5, 0.6) is 0 Å². The highest BCUT2D eigenvalue weighted by molar-refractivity contribution is 5.94. The van der Waals surface area contributed by atoms with Gasteiger partial charge in [0.15, 0.2) is 5.69 Å². The summed E-state index contributed by atoms with van der Waals surface area (Å²) in [6, 6.07) is 10.1. The van der Waals surface area contributed by atoms with Crippen LogP contribution in [-0.2, 0) is 29.6 Å². The van der Waals surface area contributed by atoms with E-state index in [-0.39, 0.29) is 30.6 Å². The lowest BCUT2D eigenvalue weighted by Gasteiger charge is -2.28. The molecule has 2 aromatic rings. The van der Waals surface area contributed by atoms with Gasteiger partial charge in [-0.15, -0.1) is 0 Å². The number of para-hydroxylation sites is 1. The van der Waals surface area contributed by atoms with E-state index in [4.69, 9.17) is 0 Å². The first-order valence-corrected chi connectivity index (χ1v) is 12.6. The van der Waals surface area contributed by atoms with Gasteiger partial charge in [-0.05, 0) is 31.4 Å². The average Bonchev–Trinajstić information content (AvgIpc) is 3.53. The first-order chi connectivity index (χ1) is 16.9. The standard InChI is InChI=1S/C26H36N6O3/c1-29(20-9-4-3-5-10-20)15-8-14-27-23(33)11-12-24(34)32-18-13-22-21(19-32)25(28-30(22)2)26(35)31-16-6-7-17-31/h3-5,9-10H,6-8,11-19H2,1-2H3,(H,27,33). The summed E-state index contributed by atoms with van der Waals surface area (Å²) < 4.78 is 1.78. The highest BCUT2D eigenvalue weighted by atomic mass is 16.2. The van der Waals surface area contributed by atoms with Crippen molar-refractivity contribution in [2.24, 2.45) is 7.05 Å². The molecule has 2 aliphatic heterocycles. The average molecular weight is 481 g/mol. The Balaban J connectivity index is 1.22. The molecule has 0 radical (unpaired) electrons. The van der Waals surface area contributed by atoms with Gasteiger partial charge in [0.25, 0.3) is 5.91 Å². The molecule has 1 fully saturated rings. The Morgan fingerprint density at radius 1 is 1.03 bits per heavy atom. The Hall–Kier alpha value is -3.36. The fourth-order valence-electron chi connectivity index (χ4n) is 4.87. The van der Waals surface area contributed by atoms with E-state index < -0.39 is 0 Å². The van der Waals surface area contributed by atoms with Gasteiger partial charge in [-0.25, -0.2) is 0 Å². The van der Waals surface area contributed by atoms with E-state index in [1.165, 1.54) is 0 Å². The number of likely N-dealkylation sites (tertiary alicyclic amines) is 1. The van der Waals surface area contributed by atoms with Crippen LogP contribution in [0, 0.1) is 0 Å². The predicted molar refractivity (Wildman–Crippen MR) is 134 cm³/mol.